The van der Waals surface area contributed by atoms with E-state index in [0.717, 1.165) is 22.7 Å². The number of para-hydroxylation sites is 1. The number of amides is 1. The van der Waals surface area contributed by atoms with Crippen molar-refractivity contribution in [2.24, 2.45) is 0 Å². The van der Waals surface area contributed by atoms with Crippen LogP contribution >= 0.6 is 11.6 Å². The normalized spacial score (nSPS) is 11.7. The van der Waals surface area contributed by atoms with Crippen molar-refractivity contribution in [2.45, 2.75) is 6.18 Å². The van der Waals surface area contributed by atoms with Crippen LogP contribution in [0, 0.1) is 0 Å². The summed E-state index contributed by atoms with van der Waals surface area (Å²) in [5, 5.41) is 2.12. The summed E-state index contributed by atoms with van der Waals surface area (Å²) in [7, 11) is -3.90. The van der Waals surface area contributed by atoms with Crippen molar-refractivity contribution in [3.8, 4) is 11.5 Å². The lowest BCUT2D eigenvalue weighted by atomic mass is 10.2. The molecule has 0 atom stereocenters. The summed E-state index contributed by atoms with van der Waals surface area (Å²) in [6, 6.07) is 17.3. The molecule has 174 valence electrons. The van der Waals surface area contributed by atoms with Crippen LogP contribution in [0.2, 0.25) is 5.02 Å². The number of alkyl halides is 3. The molecule has 0 aliphatic rings. The van der Waals surface area contributed by atoms with Crippen molar-refractivity contribution in [2.75, 3.05) is 22.4 Å². The van der Waals surface area contributed by atoms with Gasteiger partial charge in [0.25, 0.3) is 0 Å². The summed E-state index contributed by atoms with van der Waals surface area (Å²) < 4.78 is 69.9. The number of nitrogens with one attached hydrogen (secondary N) is 1. The molecule has 0 spiro atoms. The summed E-state index contributed by atoms with van der Waals surface area (Å²) in [5.41, 5.74) is -1.11. The molecule has 3 rings (SSSR count). The Morgan fingerprint density at radius 3 is 2.18 bits per heavy atom. The lowest BCUT2D eigenvalue weighted by molar-refractivity contribution is -0.137. The Kier molecular flexibility index (Phi) is 7.19. The van der Waals surface area contributed by atoms with E-state index in [-0.39, 0.29) is 16.4 Å². The van der Waals surface area contributed by atoms with Gasteiger partial charge in [-0.1, -0.05) is 29.8 Å². The molecule has 0 fully saturated rings. The minimum atomic E-state index is -4.63. The topological polar surface area (TPSA) is 75.7 Å². The zero-order valence-electron chi connectivity index (χ0n) is 17.1. The fourth-order valence-corrected chi connectivity index (χ4v) is 3.84. The van der Waals surface area contributed by atoms with Crippen molar-refractivity contribution in [3.63, 3.8) is 0 Å². The van der Waals surface area contributed by atoms with Gasteiger partial charge in [-0.05, 0) is 54.6 Å². The van der Waals surface area contributed by atoms with Crippen molar-refractivity contribution in [3.05, 3.63) is 83.4 Å². The highest BCUT2D eigenvalue weighted by Gasteiger charge is 2.31. The van der Waals surface area contributed by atoms with Gasteiger partial charge in [0.15, 0.2) is 0 Å². The van der Waals surface area contributed by atoms with Crippen molar-refractivity contribution in [1.82, 2.24) is 0 Å². The third-order valence-electron chi connectivity index (χ3n) is 4.36. The fraction of sp³-hybridized carbons (Fsp3) is 0.136. The summed E-state index contributed by atoms with van der Waals surface area (Å²) in [6.07, 6.45) is -3.72. The number of carbonyl (C=O) groups is 1. The average molecular weight is 499 g/mol. The molecule has 33 heavy (non-hydrogen) atoms. The fourth-order valence-electron chi connectivity index (χ4n) is 2.82. The van der Waals surface area contributed by atoms with Crippen LogP contribution in [-0.2, 0) is 21.0 Å². The van der Waals surface area contributed by atoms with Crippen LogP contribution in [0.3, 0.4) is 0 Å². The molecule has 0 radical (unpaired) electrons. The quantitative estimate of drug-likeness (QED) is 0.463. The number of carbonyl (C=O) groups excluding carboxylic acids is 1. The third kappa shape index (κ3) is 6.62. The minimum Gasteiger partial charge on any atom is -0.457 e. The zero-order valence-corrected chi connectivity index (χ0v) is 18.7. The second kappa shape index (κ2) is 9.72. The first kappa shape index (κ1) is 24.4. The lowest BCUT2D eigenvalue weighted by Crippen LogP contribution is -2.37. The molecule has 3 aromatic rings. The Morgan fingerprint density at radius 2 is 1.61 bits per heavy atom. The van der Waals surface area contributed by atoms with Crippen LogP contribution in [0.5, 0.6) is 11.5 Å². The molecule has 0 bridgehead atoms. The van der Waals surface area contributed by atoms with Gasteiger partial charge in [-0.3, -0.25) is 9.10 Å². The van der Waals surface area contributed by atoms with Crippen LogP contribution in [0.4, 0.5) is 24.5 Å². The number of rotatable bonds is 7. The molecule has 0 heterocycles. The van der Waals surface area contributed by atoms with Crippen molar-refractivity contribution in [1.29, 1.82) is 0 Å². The predicted molar refractivity (Wildman–Crippen MR) is 120 cm³/mol. The number of nitrogens with zero attached hydrogens (tertiary/aromatic N) is 1. The summed E-state index contributed by atoms with van der Waals surface area (Å²) >= 11 is 5.89. The van der Waals surface area contributed by atoms with Gasteiger partial charge < -0.3 is 10.1 Å². The molecule has 0 aromatic heterocycles. The largest absolute Gasteiger partial charge is 0.457 e. The molecule has 1 amide bonds. The van der Waals surface area contributed by atoms with Crippen LogP contribution in [0.25, 0.3) is 0 Å². The molecule has 0 saturated heterocycles. The second-order valence-electron chi connectivity index (χ2n) is 6.92. The Morgan fingerprint density at radius 1 is 1.00 bits per heavy atom. The molecule has 6 nitrogen and oxygen atoms in total. The number of hydrogen-bond acceptors (Lipinski definition) is 4. The highest BCUT2D eigenvalue weighted by Crippen LogP contribution is 2.34. The number of ether oxygens (including phenoxy) is 1. The smallest absolute Gasteiger partial charge is 0.416 e. The molecular formula is C22H18ClF3N2O4S. The predicted octanol–water partition coefficient (Wildman–Crippen LogP) is 5.56. The van der Waals surface area contributed by atoms with Crippen LogP contribution in [0.15, 0.2) is 72.8 Å². The van der Waals surface area contributed by atoms with Gasteiger partial charge in [0, 0.05) is 0 Å². The van der Waals surface area contributed by atoms with Gasteiger partial charge in [0.1, 0.15) is 18.0 Å². The third-order valence-corrected chi connectivity index (χ3v) is 5.83. The molecular weight excluding hydrogens is 481 g/mol. The number of anilines is 2. The molecule has 0 aliphatic carbocycles. The van der Waals surface area contributed by atoms with Gasteiger partial charge in [-0.15, -0.1) is 0 Å². The van der Waals surface area contributed by atoms with E-state index < -0.39 is 34.2 Å². The van der Waals surface area contributed by atoms with Gasteiger partial charge in [-0.2, -0.15) is 13.2 Å². The van der Waals surface area contributed by atoms with Gasteiger partial charge in [-0.25, -0.2) is 8.42 Å². The average Bonchev–Trinajstić information content (AvgIpc) is 2.73. The standard InChI is InChI=1S/C22H18ClF3N2O4S/c1-33(30,31)28(16-8-10-18(11-9-16)32-17-5-3-2-4-6-17)14-21(29)27-20-13-15(22(24,25)26)7-12-19(20)23/h2-13H,14H2,1H3,(H,27,29). The van der Waals surface area contributed by atoms with Gasteiger partial charge in [0.2, 0.25) is 15.9 Å². The summed E-state index contributed by atoms with van der Waals surface area (Å²) in [6.45, 7) is -0.676. The lowest BCUT2D eigenvalue weighted by Gasteiger charge is -2.22. The van der Waals surface area contributed by atoms with Crippen molar-refractivity contribution < 1.29 is 31.1 Å². The Bertz CT molecular complexity index is 1230. The molecule has 0 unspecified atom stereocenters. The van der Waals surface area contributed by atoms with E-state index in [1.165, 1.54) is 24.3 Å². The van der Waals surface area contributed by atoms with E-state index in [1.54, 1.807) is 24.3 Å². The van der Waals surface area contributed by atoms with Crippen LogP contribution in [0.1, 0.15) is 5.56 Å². The Hall–Kier alpha value is -3.24. The molecule has 1 N–H and O–H groups in total. The minimum absolute atomic E-state index is 0.121. The number of hydrogen-bond donors (Lipinski definition) is 1. The summed E-state index contributed by atoms with van der Waals surface area (Å²) in [4.78, 5) is 12.5. The van der Waals surface area contributed by atoms with Crippen molar-refractivity contribution >= 4 is 38.9 Å². The van der Waals surface area contributed by atoms with Gasteiger partial charge in [0.05, 0.1) is 28.2 Å². The molecule has 0 saturated carbocycles. The second-order valence-corrected chi connectivity index (χ2v) is 9.23. The van der Waals surface area contributed by atoms with Gasteiger partial charge >= 0.3 is 6.18 Å². The first-order valence-corrected chi connectivity index (χ1v) is 11.6. The first-order valence-electron chi connectivity index (χ1n) is 9.41. The van der Waals surface area contributed by atoms with E-state index in [1.807, 2.05) is 6.07 Å². The maximum atomic E-state index is 12.9. The van der Waals surface area contributed by atoms with E-state index in [4.69, 9.17) is 16.3 Å². The van der Waals surface area contributed by atoms with E-state index >= 15 is 0 Å². The molecule has 11 heteroatoms. The van der Waals surface area contributed by atoms with E-state index in [2.05, 4.69) is 5.32 Å². The Labute approximate surface area is 193 Å². The van der Waals surface area contributed by atoms with Crippen LogP contribution in [-0.4, -0.2) is 27.1 Å². The maximum Gasteiger partial charge on any atom is 0.416 e. The number of halogens is 4. The number of sulfonamides is 1. The SMILES string of the molecule is CS(=O)(=O)N(CC(=O)Nc1cc(C(F)(F)F)ccc1Cl)c1ccc(Oc2ccccc2)cc1. The first-order chi connectivity index (χ1) is 15.4. The summed E-state index contributed by atoms with van der Waals surface area (Å²) in [5.74, 6) is 0.160. The monoisotopic (exact) mass is 498 g/mol. The zero-order chi connectivity index (χ0) is 24.2. The molecule has 0 aliphatic heterocycles. The highest BCUT2D eigenvalue weighted by atomic mass is 35.5. The van der Waals surface area contributed by atoms with Crippen LogP contribution < -0.4 is 14.4 Å². The maximum absolute atomic E-state index is 12.9. The highest BCUT2D eigenvalue weighted by molar-refractivity contribution is 7.92. The molecule has 3 aromatic carbocycles. The van der Waals surface area contributed by atoms with E-state index in [0.29, 0.717) is 17.6 Å². The number of benzene rings is 3. The Balaban J connectivity index is 1.77. The van der Waals surface area contributed by atoms with E-state index in [9.17, 15) is 26.4 Å².